The predicted octanol–water partition coefficient (Wildman–Crippen LogP) is -0.434. The quantitative estimate of drug-likeness (QED) is 0.512. The molecule has 126 valence electrons. The van der Waals surface area contributed by atoms with Crippen LogP contribution < -0.4 is 5.32 Å². The molecule has 2 N–H and O–H groups in total. The fourth-order valence-corrected chi connectivity index (χ4v) is 2.14. The van der Waals surface area contributed by atoms with E-state index >= 15 is 0 Å². The summed E-state index contributed by atoms with van der Waals surface area (Å²) in [7, 11) is 0. The number of hydrogen-bond donors (Lipinski definition) is 2. The highest BCUT2D eigenvalue weighted by molar-refractivity contribution is 6.35. The molecular weight excluding hydrogens is 290 g/mol. The van der Waals surface area contributed by atoms with E-state index in [-0.39, 0.29) is 12.7 Å². The number of unbranched alkanes of at least 4 members (excludes halogenated alkanes) is 2. The number of aliphatic hydroxyl groups is 1. The second-order valence-electron chi connectivity index (χ2n) is 5.02. The van der Waals surface area contributed by atoms with Crippen molar-refractivity contribution in [2.24, 2.45) is 0 Å². The smallest absolute Gasteiger partial charge is 0.409 e. The van der Waals surface area contributed by atoms with Crippen molar-refractivity contribution >= 4 is 17.9 Å². The summed E-state index contributed by atoms with van der Waals surface area (Å²) in [5.74, 6) is -1.18. The number of piperazine rings is 1. The minimum Gasteiger partial charge on any atom is -0.450 e. The van der Waals surface area contributed by atoms with Gasteiger partial charge in [-0.05, 0) is 26.2 Å². The number of aliphatic hydroxyl groups excluding tert-OH is 1. The molecule has 0 aromatic heterocycles. The lowest BCUT2D eigenvalue weighted by molar-refractivity contribution is -0.146. The maximum atomic E-state index is 12.0. The number of carbonyl (C=O) groups is 3. The molecule has 1 aliphatic heterocycles. The molecule has 0 saturated carbocycles. The van der Waals surface area contributed by atoms with Gasteiger partial charge in [0.25, 0.3) is 0 Å². The van der Waals surface area contributed by atoms with Crippen molar-refractivity contribution in [1.82, 2.24) is 15.1 Å². The summed E-state index contributed by atoms with van der Waals surface area (Å²) < 4.78 is 4.90. The number of hydrogen-bond acceptors (Lipinski definition) is 5. The van der Waals surface area contributed by atoms with Crippen LogP contribution in [0.4, 0.5) is 4.79 Å². The summed E-state index contributed by atoms with van der Waals surface area (Å²) in [6.45, 7) is 4.01. The molecule has 1 saturated heterocycles. The van der Waals surface area contributed by atoms with Gasteiger partial charge in [-0.2, -0.15) is 0 Å². The van der Waals surface area contributed by atoms with Gasteiger partial charge in [0.05, 0.1) is 6.61 Å². The Labute approximate surface area is 130 Å². The van der Waals surface area contributed by atoms with Crippen LogP contribution in [0.25, 0.3) is 0 Å². The van der Waals surface area contributed by atoms with Crippen molar-refractivity contribution in [2.75, 3.05) is 45.9 Å². The van der Waals surface area contributed by atoms with E-state index in [1.807, 2.05) is 0 Å². The fourth-order valence-electron chi connectivity index (χ4n) is 2.14. The lowest BCUT2D eigenvalue weighted by Crippen LogP contribution is -2.54. The standard InChI is InChI=1S/C14H25N3O5/c1-2-22-14(21)17-9-7-16(8-10-17)13(20)12(19)15-6-4-3-5-11-18/h18H,2-11H2,1H3,(H,15,19). The number of amides is 3. The summed E-state index contributed by atoms with van der Waals surface area (Å²) in [4.78, 5) is 38.2. The zero-order valence-corrected chi connectivity index (χ0v) is 13.0. The average Bonchev–Trinajstić information content (AvgIpc) is 2.54. The van der Waals surface area contributed by atoms with Gasteiger partial charge in [-0.3, -0.25) is 9.59 Å². The summed E-state index contributed by atoms with van der Waals surface area (Å²) in [5.41, 5.74) is 0. The van der Waals surface area contributed by atoms with Crippen molar-refractivity contribution in [2.45, 2.75) is 26.2 Å². The SMILES string of the molecule is CCOC(=O)N1CCN(C(=O)C(=O)NCCCCCO)CC1. The first kappa shape index (κ1) is 18.2. The molecule has 8 heteroatoms. The van der Waals surface area contributed by atoms with Crippen LogP contribution in [-0.2, 0) is 14.3 Å². The van der Waals surface area contributed by atoms with Crippen LogP contribution in [0.5, 0.6) is 0 Å². The highest BCUT2D eigenvalue weighted by atomic mass is 16.6. The number of nitrogens with zero attached hydrogens (tertiary/aromatic N) is 2. The van der Waals surface area contributed by atoms with Crippen LogP contribution in [0.2, 0.25) is 0 Å². The molecule has 1 aliphatic rings. The van der Waals surface area contributed by atoms with Crippen LogP contribution in [0.1, 0.15) is 26.2 Å². The zero-order valence-electron chi connectivity index (χ0n) is 13.0. The number of nitrogens with one attached hydrogen (secondary N) is 1. The monoisotopic (exact) mass is 315 g/mol. The maximum Gasteiger partial charge on any atom is 0.409 e. The van der Waals surface area contributed by atoms with E-state index in [9.17, 15) is 14.4 Å². The van der Waals surface area contributed by atoms with Gasteiger partial charge in [-0.25, -0.2) is 4.79 Å². The Morgan fingerprint density at radius 1 is 1.05 bits per heavy atom. The van der Waals surface area contributed by atoms with Gasteiger partial charge in [-0.1, -0.05) is 0 Å². The molecule has 0 unspecified atom stereocenters. The normalized spacial score (nSPS) is 14.6. The van der Waals surface area contributed by atoms with E-state index in [1.165, 1.54) is 9.80 Å². The second-order valence-corrected chi connectivity index (χ2v) is 5.02. The van der Waals surface area contributed by atoms with Gasteiger partial charge in [0.15, 0.2) is 0 Å². The molecule has 0 aromatic rings. The molecule has 0 atom stereocenters. The van der Waals surface area contributed by atoms with Gasteiger partial charge < -0.3 is 25.0 Å². The van der Waals surface area contributed by atoms with Crippen LogP contribution in [0.3, 0.4) is 0 Å². The largest absolute Gasteiger partial charge is 0.450 e. The lowest BCUT2D eigenvalue weighted by Gasteiger charge is -2.33. The van der Waals surface area contributed by atoms with E-state index in [0.717, 1.165) is 12.8 Å². The second kappa shape index (κ2) is 9.99. The highest BCUT2D eigenvalue weighted by Gasteiger charge is 2.28. The minimum absolute atomic E-state index is 0.137. The van der Waals surface area contributed by atoms with E-state index < -0.39 is 11.8 Å². The summed E-state index contributed by atoms with van der Waals surface area (Å²) in [6, 6.07) is 0. The molecule has 1 fully saturated rings. The summed E-state index contributed by atoms with van der Waals surface area (Å²) in [6.07, 6.45) is 1.85. The molecule has 22 heavy (non-hydrogen) atoms. The maximum absolute atomic E-state index is 12.0. The van der Waals surface area contributed by atoms with Gasteiger partial charge in [0.2, 0.25) is 0 Å². The fraction of sp³-hybridized carbons (Fsp3) is 0.786. The molecule has 3 amide bonds. The summed E-state index contributed by atoms with van der Waals surface area (Å²) in [5, 5.41) is 11.2. The number of carbonyl (C=O) groups excluding carboxylic acids is 3. The minimum atomic E-state index is -0.617. The van der Waals surface area contributed by atoms with Gasteiger partial charge in [0, 0.05) is 39.3 Å². The Hall–Kier alpha value is -1.83. The van der Waals surface area contributed by atoms with Crippen LogP contribution >= 0.6 is 0 Å². The molecule has 0 aliphatic carbocycles. The van der Waals surface area contributed by atoms with E-state index in [0.29, 0.717) is 45.8 Å². The molecule has 8 nitrogen and oxygen atoms in total. The third-order valence-corrected chi connectivity index (χ3v) is 3.41. The highest BCUT2D eigenvalue weighted by Crippen LogP contribution is 2.04. The van der Waals surface area contributed by atoms with Crippen molar-refractivity contribution in [3.63, 3.8) is 0 Å². The van der Waals surface area contributed by atoms with Crippen LogP contribution in [-0.4, -0.2) is 78.8 Å². The molecule has 1 rings (SSSR count). The Morgan fingerprint density at radius 3 is 2.27 bits per heavy atom. The molecular formula is C14H25N3O5. The third-order valence-electron chi connectivity index (χ3n) is 3.41. The number of rotatable bonds is 6. The van der Waals surface area contributed by atoms with Gasteiger partial charge in [-0.15, -0.1) is 0 Å². The summed E-state index contributed by atoms with van der Waals surface area (Å²) >= 11 is 0. The van der Waals surface area contributed by atoms with Crippen molar-refractivity contribution in [1.29, 1.82) is 0 Å². The van der Waals surface area contributed by atoms with Crippen molar-refractivity contribution in [3.8, 4) is 0 Å². The van der Waals surface area contributed by atoms with E-state index in [2.05, 4.69) is 5.32 Å². The molecule has 0 bridgehead atoms. The first-order chi connectivity index (χ1) is 10.6. The van der Waals surface area contributed by atoms with E-state index in [4.69, 9.17) is 9.84 Å². The first-order valence-corrected chi connectivity index (χ1v) is 7.69. The third kappa shape index (κ3) is 5.88. The van der Waals surface area contributed by atoms with Crippen LogP contribution in [0.15, 0.2) is 0 Å². The predicted molar refractivity (Wildman–Crippen MR) is 79.1 cm³/mol. The average molecular weight is 315 g/mol. The molecule has 0 aromatic carbocycles. The Bertz CT molecular complexity index is 381. The Morgan fingerprint density at radius 2 is 1.68 bits per heavy atom. The molecule has 0 spiro atoms. The Balaban J connectivity index is 2.26. The van der Waals surface area contributed by atoms with Gasteiger partial charge >= 0.3 is 17.9 Å². The lowest BCUT2D eigenvalue weighted by atomic mass is 10.2. The van der Waals surface area contributed by atoms with E-state index in [1.54, 1.807) is 6.92 Å². The molecule has 1 heterocycles. The zero-order chi connectivity index (χ0) is 16.4. The first-order valence-electron chi connectivity index (χ1n) is 7.69. The van der Waals surface area contributed by atoms with Crippen molar-refractivity contribution in [3.05, 3.63) is 0 Å². The number of ether oxygens (including phenoxy) is 1. The van der Waals surface area contributed by atoms with Crippen LogP contribution in [0, 0.1) is 0 Å². The van der Waals surface area contributed by atoms with Crippen molar-refractivity contribution < 1.29 is 24.2 Å². The molecule has 0 radical (unpaired) electrons. The van der Waals surface area contributed by atoms with Gasteiger partial charge in [0.1, 0.15) is 0 Å². The Kier molecular flexibility index (Phi) is 8.27. The topological polar surface area (TPSA) is 99.2 Å².